The number of hydrogen-bond donors (Lipinski definition) is 0. The Balaban J connectivity index is 1.71. The molecule has 0 amide bonds. The van der Waals surface area contributed by atoms with Crippen LogP contribution in [-0.2, 0) is 10.8 Å². The average Bonchev–Trinajstić information content (AvgIpc) is 3.22. The molecule has 0 nitrogen and oxygen atoms in total. The van der Waals surface area contributed by atoms with Crippen LogP contribution in [0.5, 0.6) is 0 Å². The zero-order valence-electron chi connectivity index (χ0n) is 15.3. The van der Waals surface area contributed by atoms with Crippen molar-refractivity contribution in [2.24, 2.45) is 0 Å². The van der Waals surface area contributed by atoms with E-state index in [2.05, 4.69) is 44.2 Å². The highest BCUT2D eigenvalue weighted by molar-refractivity contribution is 5.44. The molecule has 26 heavy (non-hydrogen) atoms. The maximum absolute atomic E-state index is 15.0. The number of halogens is 2. The molecule has 0 aromatic heterocycles. The van der Waals surface area contributed by atoms with E-state index in [1.54, 1.807) is 18.2 Å². The number of rotatable bonds is 3. The Morgan fingerprint density at radius 3 is 2.50 bits per heavy atom. The number of hydrogen-bond acceptors (Lipinski definition) is 0. The van der Waals surface area contributed by atoms with Gasteiger partial charge in [-0.1, -0.05) is 62.4 Å². The Labute approximate surface area is 154 Å². The number of allylic oxidation sites excluding steroid dienone is 4. The Hall–Kier alpha value is -2.22. The normalized spacial score (nSPS) is 30.2. The summed E-state index contributed by atoms with van der Waals surface area (Å²) in [6.07, 6.45) is 11.3. The van der Waals surface area contributed by atoms with Gasteiger partial charge < -0.3 is 0 Å². The van der Waals surface area contributed by atoms with Crippen LogP contribution in [0.3, 0.4) is 0 Å². The second kappa shape index (κ2) is 6.19. The van der Waals surface area contributed by atoms with E-state index in [1.165, 1.54) is 6.07 Å². The van der Waals surface area contributed by atoms with Gasteiger partial charge in [0.15, 0.2) is 0 Å². The minimum atomic E-state index is -0.326. The van der Waals surface area contributed by atoms with Crippen LogP contribution in [-0.4, -0.2) is 0 Å². The summed E-state index contributed by atoms with van der Waals surface area (Å²) in [5, 5.41) is 0. The minimum Gasteiger partial charge on any atom is -0.207 e. The third-order valence-electron chi connectivity index (χ3n) is 6.33. The molecule has 2 aliphatic carbocycles. The lowest BCUT2D eigenvalue weighted by atomic mass is 9.70. The molecule has 0 bridgehead atoms. The molecule has 0 fully saturated rings. The van der Waals surface area contributed by atoms with E-state index >= 15 is 4.39 Å². The molecule has 2 heteroatoms. The zero-order chi connectivity index (χ0) is 18.4. The molecule has 3 atom stereocenters. The summed E-state index contributed by atoms with van der Waals surface area (Å²) in [6, 6.07) is 12.5. The molecule has 0 heterocycles. The second-order valence-corrected chi connectivity index (χ2v) is 8.08. The van der Waals surface area contributed by atoms with Gasteiger partial charge in [-0.25, -0.2) is 8.78 Å². The van der Waals surface area contributed by atoms with Crippen LogP contribution in [0.4, 0.5) is 8.78 Å². The van der Waals surface area contributed by atoms with Gasteiger partial charge >= 0.3 is 0 Å². The molecule has 0 saturated heterocycles. The van der Waals surface area contributed by atoms with Crippen molar-refractivity contribution in [3.05, 3.63) is 95.1 Å². The van der Waals surface area contributed by atoms with Gasteiger partial charge in [0.1, 0.15) is 11.6 Å². The van der Waals surface area contributed by atoms with Gasteiger partial charge in [0.05, 0.1) is 0 Å². The minimum absolute atomic E-state index is 0.111. The highest BCUT2D eigenvalue weighted by Crippen LogP contribution is 2.47. The maximum Gasteiger partial charge on any atom is 0.127 e. The zero-order valence-corrected chi connectivity index (χ0v) is 15.3. The van der Waals surface area contributed by atoms with Crippen molar-refractivity contribution in [2.45, 2.75) is 49.9 Å². The third kappa shape index (κ3) is 2.72. The van der Waals surface area contributed by atoms with Crippen LogP contribution in [0.15, 0.2) is 66.8 Å². The van der Waals surface area contributed by atoms with E-state index in [4.69, 9.17) is 0 Å². The van der Waals surface area contributed by atoms with Gasteiger partial charge in [-0.15, -0.1) is 0 Å². The van der Waals surface area contributed by atoms with E-state index in [-0.39, 0.29) is 28.4 Å². The van der Waals surface area contributed by atoms with Crippen molar-refractivity contribution in [3.63, 3.8) is 0 Å². The van der Waals surface area contributed by atoms with Crippen molar-refractivity contribution < 1.29 is 8.78 Å². The Morgan fingerprint density at radius 1 is 0.962 bits per heavy atom. The van der Waals surface area contributed by atoms with E-state index in [0.717, 1.165) is 36.0 Å². The average molecular weight is 350 g/mol. The van der Waals surface area contributed by atoms with Gasteiger partial charge in [0, 0.05) is 16.7 Å². The van der Waals surface area contributed by atoms with Crippen LogP contribution in [0, 0.1) is 11.6 Å². The summed E-state index contributed by atoms with van der Waals surface area (Å²) in [5.41, 5.74) is 2.16. The van der Waals surface area contributed by atoms with E-state index < -0.39 is 0 Å². The predicted molar refractivity (Wildman–Crippen MR) is 102 cm³/mol. The SMILES string of the molecule is C[C@]1(c2ccc(C3CC=C[C@]3(C)c3cccc(F)c3)cc2F)C=CCC1. The first-order chi connectivity index (χ1) is 12.4. The second-order valence-electron chi connectivity index (χ2n) is 8.08. The first-order valence-electron chi connectivity index (χ1n) is 9.34. The molecule has 0 saturated carbocycles. The summed E-state index contributed by atoms with van der Waals surface area (Å²) in [6.45, 7) is 4.21. The quantitative estimate of drug-likeness (QED) is 0.549. The van der Waals surface area contributed by atoms with Crippen molar-refractivity contribution in [1.29, 1.82) is 0 Å². The van der Waals surface area contributed by atoms with E-state index in [1.807, 2.05) is 12.1 Å². The summed E-state index contributed by atoms with van der Waals surface area (Å²) in [4.78, 5) is 0. The van der Waals surface area contributed by atoms with Crippen LogP contribution >= 0.6 is 0 Å². The molecular formula is C24H24F2. The molecule has 2 aromatic rings. The fraction of sp³-hybridized carbons (Fsp3) is 0.333. The summed E-state index contributed by atoms with van der Waals surface area (Å²) in [7, 11) is 0. The molecule has 0 aliphatic heterocycles. The van der Waals surface area contributed by atoms with Crippen LogP contribution < -0.4 is 0 Å². The Kier molecular flexibility index (Phi) is 4.10. The lowest BCUT2D eigenvalue weighted by molar-refractivity contribution is 0.481. The van der Waals surface area contributed by atoms with Crippen molar-refractivity contribution >= 4 is 0 Å². The highest BCUT2D eigenvalue weighted by Gasteiger charge is 2.38. The predicted octanol–water partition coefficient (Wildman–Crippen LogP) is 6.57. The van der Waals surface area contributed by atoms with Gasteiger partial charge in [-0.3, -0.25) is 0 Å². The maximum atomic E-state index is 15.0. The Bertz CT molecular complexity index is 895. The van der Waals surface area contributed by atoms with Crippen molar-refractivity contribution in [1.82, 2.24) is 0 Å². The smallest absolute Gasteiger partial charge is 0.127 e. The molecule has 0 N–H and O–H groups in total. The standard InChI is InChI=1S/C24H24F2/c1-23(12-3-4-13-23)21-11-10-17(15-22(21)26)20-9-6-14-24(20,2)18-7-5-8-19(25)16-18/h3,5-8,10-12,14-16,20H,4,9,13H2,1-2H3/t20?,23-,24+/m0/s1. The molecule has 0 spiro atoms. The fourth-order valence-corrected chi connectivity index (χ4v) is 4.66. The number of benzene rings is 2. The highest BCUT2D eigenvalue weighted by atomic mass is 19.1. The van der Waals surface area contributed by atoms with Crippen molar-refractivity contribution in [2.75, 3.05) is 0 Å². The summed E-state index contributed by atoms with van der Waals surface area (Å²) in [5.74, 6) is -0.255. The lowest BCUT2D eigenvalue weighted by Crippen LogP contribution is -2.25. The van der Waals surface area contributed by atoms with Crippen LogP contribution in [0.1, 0.15) is 55.7 Å². The lowest BCUT2D eigenvalue weighted by Gasteiger charge is -2.33. The molecule has 1 unspecified atom stereocenters. The van der Waals surface area contributed by atoms with E-state index in [9.17, 15) is 4.39 Å². The molecule has 0 radical (unpaired) electrons. The topological polar surface area (TPSA) is 0 Å². The van der Waals surface area contributed by atoms with Crippen LogP contribution in [0.2, 0.25) is 0 Å². The van der Waals surface area contributed by atoms with Crippen molar-refractivity contribution in [3.8, 4) is 0 Å². The molecule has 2 aliphatic rings. The fourth-order valence-electron chi connectivity index (χ4n) is 4.66. The first kappa shape index (κ1) is 17.2. The van der Waals surface area contributed by atoms with Gasteiger partial charge in [0.25, 0.3) is 0 Å². The monoisotopic (exact) mass is 350 g/mol. The Morgan fingerprint density at radius 2 is 1.81 bits per heavy atom. The largest absolute Gasteiger partial charge is 0.207 e. The first-order valence-corrected chi connectivity index (χ1v) is 9.34. The molecule has 134 valence electrons. The van der Waals surface area contributed by atoms with Gasteiger partial charge in [-0.05, 0) is 54.2 Å². The molecule has 4 rings (SSSR count). The van der Waals surface area contributed by atoms with E-state index in [0.29, 0.717) is 0 Å². The summed E-state index contributed by atoms with van der Waals surface area (Å²) >= 11 is 0. The third-order valence-corrected chi connectivity index (χ3v) is 6.33. The molecule has 2 aromatic carbocycles. The molecular weight excluding hydrogens is 326 g/mol. The van der Waals surface area contributed by atoms with Gasteiger partial charge in [0.2, 0.25) is 0 Å². The van der Waals surface area contributed by atoms with Crippen LogP contribution in [0.25, 0.3) is 0 Å². The summed E-state index contributed by atoms with van der Waals surface area (Å²) < 4.78 is 28.8. The van der Waals surface area contributed by atoms with Gasteiger partial charge in [-0.2, -0.15) is 0 Å².